The zero-order valence-electron chi connectivity index (χ0n) is 11.7. The highest BCUT2D eigenvalue weighted by molar-refractivity contribution is 5.46. The molecule has 2 rings (SSSR count). The van der Waals surface area contributed by atoms with Gasteiger partial charge in [-0.05, 0) is 31.7 Å². The van der Waals surface area contributed by atoms with Crippen LogP contribution in [0.15, 0.2) is 47.1 Å². The Morgan fingerprint density at radius 2 is 1.89 bits per heavy atom. The summed E-state index contributed by atoms with van der Waals surface area (Å²) in [5, 5.41) is 3.31. The summed E-state index contributed by atoms with van der Waals surface area (Å²) in [7, 11) is 0. The molecule has 0 aliphatic carbocycles. The highest BCUT2D eigenvalue weighted by Gasteiger charge is 2.10. The number of benzene rings is 1. The maximum atomic E-state index is 5.56. The summed E-state index contributed by atoms with van der Waals surface area (Å²) < 4.78 is 5.56. The Hall–Kier alpha value is -1.74. The third kappa shape index (κ3) is 3.61. The average molecular weight is 258 g/mol. The summed E-state index contributed by atoms with van der Waals surface area (Å²) in [5.41, 5.74) is 2.51. The third-order valence-corrected chi connectivity index (χ3v) is 3.24. The van der Waals surface area contributed by atoms with Crippen molar-refractivity contribution in [3.05, 3.63) is 54.0 Å². The second kappa shape index (κ2) is 7.00. The zero-order chi connectivity index (χ0) is 13.5. The lowest BCUT2D eigenvalue weighted by atomic mass is 10.2. The molecule has 1 N–H and O–H groups in total. The van der Waals surface area contributed by atoms with Crippen molar-refractivity contribution in [3.8, 4) is 0 Å². The predicted octanol–water partition coefficient (Wildman–Crippen LogP) is 3.42. The van der Waals surface area contributed by atoms with Crippen LogP contribution in [0, 0.1) is 0 Å². The number of nitrogens with one attached hydrogen (secondary N) is 1. The Morgan fingerprint density at radius 3 is 2.58 bits per heavy atom. The van der Waals surface area contributed by atoms with Gasteiger partial charge >= 0.3 is 0 Å². The van der Waals surface area contributed by atoms with Crippen LogP contribution < -0.4 is 10.2 Å². The monoisotopic (exact) mass is 258 g/mol. The summed E-state index contributed by atoms with van der Waals surface area (Å²) in [6.07, 6.45) is 1.78. The molecule has 1 aromatic carbocycles. The molecule has 1 heterocycles. The lowest BCUT2D eigenvalue weighted by Gasteiger charge is -2.23. The summed E-state index contributed by atoms with van der Waals surface area (Å²) in [6, 6.07) is 12.6. The number of para-hydroxylation sites is 1. The summed E-state index contributed by atoms with van der Waals surface area (Å²) >= 11 is 0. The van der Waals surface area contributed by atoms with Crippen LogP contribution in [-0.2, 0) is 13.1 Å². The van der Waals surface area contributed by atoms with Crippen molar-refractivity contribution in [2.45, 2.75) is 26.9 Å². The molecule has 0 bridgehead atoms. The van der Waals surface area contributed by atoms with E-state index in [0.29, 0.717) is 0 Å². The Bertz CT molecular complexity index is 479. The third-order valence-electron chi connectivity index (χ3n) is 3.24. The zero-order valence-corrected chi connectivity index (χ0v) is 11.7. The van der Waals surface area contributed by atoms with E-state index in [9.17, 15) is 0 Å². The van der Waals surface area contributed by atoms with Gasteiger partial charge in [0.25, 0.3) is 0 Å². The van der Waals surface area contributed by atoms with Gasteiger partial charge in [0.2, 0.25) is 0 Å². The Labute approximate surface area is 115 Å². The molecule has 0 atom stereocenters. The molecule has 3 heteroatoms. The molecule has 0 saturated heterocycles. The van der Waals surface area contributed by atoms with Crippen molar-refractivity contribution in [1.29, 1.82) is 0 Å². The van der Waals surface area contributed by atoms with Gasteiger partial charge in [-0.15, -0.1) is 0 Å². The average Bonchev–Trinajstić information content (AvgIpc) is 2.90. The topological polar surface area (TPSA) is 28.4 Å². The summed E-state index contributed by atoms with van der Waals surface area (Å²) in [6.45, 7) is 7.90. The van der Waals surface area contributed by atoms with Gasteiger partial charge in [0, 0.05) is 24.3 Å². The quantitative estimate of drug-likeness (QED) is 0.825. The van der Waals surface area contributed by atoms with E-state index in [1.54, 1.807) is 6.26 Å². The fourth-order valence-electron chi connectivity index (χ4n) is 2.13. The van der Waals surface area contributed by atoms with Crippen molar-refractivity contribution in [2.75, 3.05) is 18.0 Å². The molecule has 0 amide bonds. The first-order valence-electron chi connectivity index (χ1n) is 6.91. The van der Waals surface area contributed by atoms with E-state index in [1.807, 2.05) is 6.07 Å². The fraction of sp³-hybridized carbons (Fsp3) is 0.375. The maximum absolute atomic E-state index is 5.56. The van der Waals surface area contributed by atoms with Crippen LogP contribution in [0.1, 0.15) is 25.2 Å². The highest BCUT2D eigenvalue weighted by Crippen LogP contribution is 2.19. The molecule has 0 radical (unpaired) electrons. The standard InChI is InChI=1S/C16H22N2O/c1-3-17-12-16-14(10-11-19-16)13-18(4-2)15-8-6-5-7-9-15/h5-11,17H,3-4,12-13H2,1-2H3. The Kier molecular flexibility index (Phi) is 5.04. The molecule has 3 nitrogen and oxygen atoms in total. The number of anilines is 1. The van der Waals surface area contributed by atoms with Crippen LogP contribution >= 0.6 is 0 Å². The molecule has 0 saturated carbocycles. The second-order valence-electron chi connectivity index (χ2n) is 4.50. The Morgan fingerprint density at radius 1 is 1.11 bits per heavy atom. The van der Waals surface area contributed by atoms with Gasteiger partial charge in [0.1, 0.15) is 5.76 Å². The van der Waals surface area contributed by atoms with E-state index in [0.717, 1.165) is 31.9 Å². The van der Waals surface area contributed by atoms with Gasteiger partial charge in [-0.2, -0.15) is 0 Å². The minimum Gasteiger partial charge on any atom is -0.468 e. The minimum absolute atomic E-state index is 0.797. The number of nitrogens with zero attached hydrogens (tertiary/aromatic N) is 1. The van der Waals surface area contributed by atoms with Crippen molar-refractivity contribution < 1.29 is 4.42 Å². The highest BCUT2D eigenvalue weighted by atomic mass is 16.3. The van der Waals surface area contributed by atoms with Crippen molar-refractivity contribution in [2.24, 2.45) is 0 Å². The largest absolute Gasteiger partial charge is 0.468 e. The summed E-state index contributed by atoms with van der Waals surface area (Å²) in [5.74, 6) is 1.04. The van der Waals surface area contributed by atoms with Crippen molar-refractivity contribution in [3.63, 3.8) is 0 Å². The minimum atomic E-state index is 0.797. The van der Waals surface area contributed by atoms with Crippen LogP contribution in [0.5, 0.6) is 0 Å². The summed E-state index contributed by atoms with van der Waals surface area (Å²) in [4.78, 5) is 2.35. The Balaban J connectivity index is 2.08. The molecular formula is C16H22N2O. The van der Waals surface area contributed by atoms with Crippen LogP contribution in [0.4, 0.5) is 5.69 Å². The second-order valence-corrected chi connectivity index (χ2v) is 4.50. The van der Waals surface area contributed by atoms with E-state index < -0.39 is 0 Å². The normalized spacial score (nSPS) is 10.6. The van der Waals surface area contributed by atoms with E-state index in [4.69, 9.17) is 4.42 Å². The van der Waals surface area contributed by atoms with E-state index in [-0.39, 0.29) is 0 Å². The fourth-order valence-corrected chi connectivity index (χ4v) is 2.13. The first-order valence-corrected chi connectivity index (χ1v) is 6.91. The molecule has 0 fully saturated rings. The van der Waals surface area contributed by atoms with Gasteiger partial charge < -0.3 is 14.6 Å². The number of rotatable bonds is 7. The SMILES string of the molecule is CCNCc1occc1CN(CC)c1ccccc1. The van der Waals surface area contributed by atoms with Gasteiger partial charge in [0.15, 0.2) is 0 Å². The lowest BCUT2D eigenvalue weighted by molar-refractivity contribution is 0.482. The van der Waals surface area contributed by atoms with E-state index in [1.165, 1.54) is 11.3 Å². The van der Waals surface area contributed by atoms with Gasteiger partial charge in [0.05, 0.1) is 12.8 Å². The van der Waals surface area contributed by atoms with Crippen LogP contribution in [0.3, 0.4) is 0 Å². The van der Waals surface area contributed by atoms with Gasteiger partial charge in [-0.25, -0.2) is 0 Å². The molecule has 102 valence electrons. The molecule has 0 aliphatic rings. The lowest BCUT2D eigenvalue weighted by Crippen LogP contribution is -2.23. The number of hydrogen-bond acceptors (Lipinski definition) is 3. The number of furan rings is 1. The molecule has 0 aliphatic heterocycles. The van der Waals surface area contributed by atoms with Crippen molar-refractivity contribution in [1.82, 2.24) is 5.32 Å². The molecular weight excluding hydrogens is 236 g/mol. The molecule has 1 aromatic heterocycles. The van der Waals surface area contributed by atoms with Gasteiger partial charge in [-0.1, -0.05) is 25.1 Å². The number of hydrogen-bond donors (Lipinski definition) is 1. The predicted molar refractivity (Wildman–Crippen MR) is 79.3 cm³/mol. The van der Waals surface area contributed by atoms with Crippen LogP contribution in [0.25, 0.3) is 0 Å². The first kappa shape index (κ1) is 13.7. The maximum Gasteiger partial charge on any atom is 0.122 e. The van der Waals surface area contributed by atoms with Crippen LogP contribution in [0.2, 0.25) is 0 Å². The molecule has 0 unspecified atom stereocenters. The molecule has 0 spiro atoms. The van der Waals surface area contributed by atoms with Crippen molar-refractivity contribution >= 4 is 5.69 Å². The van der Waals surface area contributed by atoms with Gasteiger partial charge in [-0.3, -0.25) is 0 Å². The first-order chi connectivity index (χ1) is 9.35. The van der Waals surface area contributed by atoms with Crippen LogP contribution in [-0.4, -0.2) is 13.1 Å². The van der Waals surface area contributed by atoms with E-state index >= 15 is 0 Å². The molecule has 19 heavy (non-hydrogen) atoms. The van der Waals surface area contributed by atoms with E-state index in [2.05, 4.69) is 54.4 Å². The molecule has 2 aromatic rings. The smallest absolute Gasteiger partial charge is 0.122 e.